The number of pyridine rings is 1. The van der Waals surface area contributed by atoms with E-state index in [9.17, 15) is 14.0 Å². The molecule has 2 unspecified atom stereocenters. The van der Waals surface area contributed by atoms with E-state index in [1.807, 2.05) is 44.1 Å². The van der Waals surface area contributed by atoms with Gasteiger partial charge < -0.3 is 20.9 Å². The van der Waals surface area contributed by atoms with Gasteiger partial charge in [0.05, 0.1) is 17.3 Å². The first-order valence-corrected chi connectivity index (χ1v) is 9.44. The van der Waals surface area contributed by atoms with Crippen LogP contribution in [0.25, 0.3) is 0 Å². The van der Waals surface area contributed by atoms with Crippen LogP contribution in [0.4, 0.5) is 9.18 Å². The van der Waals surface area contributed by atoms with E-state index >= 15 is 0 Å². The Morgan fingerprint density at radius 2 is 1.97 bits per heavy atom. The van der Waals surface area contributed by atoms with E-state index in [1.54, 1.807) is 12.3 Å². The lowest BCUT2D eigenvalue weighted by atomic mass is 10.0. The van der Waals surface area contributed by atoms with Crippen molar-refractivity contribution in [1.29, 1.82) is 0 Å². The van der Waals surface area contributed by atoms with Crippen molar-refractivity contribution in [2.45, 2.75) is 25.4 Å². The largest absolute Gasteiger partial charge is 0.355 e. The van der Waals surface area contributed by atoms with Gasteiger partial charge in [-0.05, 0) is 57.3 Å². The van der Waals surface area contributed by atoms with E-state index in [2.05, 4.69) is 20.9 Å². The van der Waals surface area contributed by atoms with Gasteiger partial charge in [0.25, 0.3) is 5.91 Å². The van der Waals surface area contributed by atoms with Crippen molar-refractivity contribution in [2.75, 3.05) is 27.7 Å². The number of nitrogens with zero attached hydrogens (tertiary/aromatic N) is 2. The van der Waals surface area contributed by atoms with Crippen LogP contribution in [-0.2, 0) is 6.42 Å². The lowest BCUT2D eigenvalue weighted by Crippen LogP contribution is -2.45. The molecular weight excluding hydrogens is 373 g/mol. The molecule has 0 radical (unpaired) electrons. The van der Waals surface area contributed by atoms with Crippen molar-refractivity contribution in [3.8, 4) is 0 Å². The molecule has 0 saturated heterocycles. The fourth-order valence-corrected chi connectivity index (χ4v) is 2.88. The van der Waals surface area contributed by atoms with Crippen LogP contribution in [0.5, 0.6) is 0 Å². The first-order chi connectivity index (χ1) is 13.8. The molecule has 0 bridgehead atoms. The van der Waals surface area contributed by atoms with E-state index in [0.717, 1.165) is 11.3 Å². The van der Waals surface area contributed by atoms with Gasteiger partial charge in [0, 0.05) is 25.8 Å². The summed E-state index contributed by atoms with van der Waals surface area (Å²) in [6.07, 6.45) is 2.20. The van der Waals surface area contributed by atoms with Crippen LogP contribution >= 0.6 is 0 Å². The highest BCUT2D eigenvalue weighted by molar-refractivity contribution is 5.94. The highest BCUT2D eigenvalue weighted by Crippen LogP contribution is 2.14. The Labute approximate surface area is 170 Å². The summed E-state index contributed by atoms with van der Waals surface area (Å²) in [5, 5.41) is 8.13. The molecule has 2 rings (SSSR count). The van der Waals surface area contributed by atoms with Gasteiger partial charge in [0.1, 0.15) is 5.82 Å². The van der Waals surface area contributed by atoms with Crippen LogP contribution in [-0.4, -0.2) is 55.6 Å². The van der Waals surface area contributed by atoms with E-state index < -0.39 is 11.7 Å². The lowest BCUT2D eigenvalue weighted by Gasteiger charge is -2.25. The van der Waals surface area contributed by atoms with Gasteiger partial charge in [0.15, 0.2) is 0 Å². The van der Waals surface area contributed by atoms with Crippen molar-refractivity contribution in [3.05, 3.63) is 65.2 Å². The molecule has 1 heterocycles. The molecule has 29 heavy (non-hydrogen) atoms. The zero-order valence-corrected chi connectivity index (χ0v) is 17.2. The van der Waals surface area contributed by atoms with Gasteiger partial charge in [0.2, 0.25) is 0 Å². The maximum Gasteiger partial charge on any atom is 0.315 e. The molecule has 8 heteroatoms. The molecule has 0 spiro atoms. The molecule has 0 aliphatic heterocycles. The first-order valence-electron chi connectivity index (χ1n) is 9.44. The molecule has 0 aliphatic carbocycles. The van der Waals surface area contributed by atoms with Gasteiger partial charge in [-0.1, -0.05) is 12.1 Å². The number of aromatic nitrogens is 1. The third kappa shape index (κ3) is 6.53. The maximum atomic E-state index is 14.2. The molecule has 2 aromatic rings. The summed E-state index contributed by atoms with van der Waals surface area (Å²) in [6, 6.07) is 9.55. The van der Waals surface area contributed by atoms with E-state index in [1.165, 1.54) is 19.2 Å². The van der Waals surface area contributed by atoms with Gasteiger partial charge in [-0.3, -0.25) is 9.78 Å². The van der Waals surface area contributed by atoms with Crippen LogP contribution in [0.1, 0.15) is 34.6 Å². The Morgan fingerprint density at radius 3 is 2.55 bits per heavy atom. The normalized spacial score (nSPS) is 12.9. The summed E-state index contributed by atoms with van der Waals surface area (Å²) in [4.78, 5) is 30.1. The van der Waals surface area contributed by atoms with Gasteiger partial charge in [-0.25, -0.2) is 9.18 Å². The molecule has 2 atom stereocenters. The average Bonchev–Trinajstić information content (AvgIpc) is 2.71. The summed E-state index contributed by atoms with van der Waals surface area (Å²) in [6.45, 7) is 2.24. The number of nitrogens with one attached hydrogen (secondary N) is 3. The quantitative estimate of drug-likeness (QED) is 0.632. The summed E-state index contributed by atoms with van der Waals surface area (Å²) in [5.74, 6) is -1.02. The first kappa shape index (κ1) is 22.3. The van der Waals surface area contributed by atoms with Gasteiger partial charge in [-0.2, -0.15) is 0 Å². The fourth-order valence-electron chi connectivity index (χ4n) is 2.88. The minimum atomic E-state index is -0.561. The van der Waals surface area contributed by atoms with Crippen LogP contribution in [0, 0.1) is 5.82 Å². The Bertz CT molecular complexity index is 829. The molecular formula is C21H28FN5O2. The molecule has 3 N–H and O–H groups in total. The number of rotatable bonds is 8. The van der Waals surface area contributed by atoms with E-state index in [-0.39, 0.29) is 23.7 Å². The van der Waals surface area contributed by atoms with Crippen molar-refractivity contribution in [2.24, 2.45) is 0 Å². The van der Waals surface area contributed by atoms with Crippen LogP contribution in [0.15, 0.2) is 42.6 Å². The molecule has 3 amide bonds. The zero-order valence-electron chi connectivity index (χ0n) is 17.2. The molecule has 0 fully saturated rings. The molecule has 1 aromatic heterocycles. The van der Waals surface area contributed by atoms with Crippen molar-refractivity contribution >= 4 is 11.9 Å². The smallest absolute Gasteiger partial charge is 0.315 e. The zero-order chi connectivity index (χ0) is 21.4. The SMILES string of the molecule is CNC(=O)c1ccc(CC(CNC(=O)NC(C)c2ccccn2)N(C)C)cc1F. The average molecular weight is 401 g/mol. The Balaban J connectivity index is 1.94. The summed E-state index contributed by atoms with van der Waals surface area (Å²) < 4.78 is 14.2. The molecule has 7 nitrogen and oxygen atoms in total. The number of likely N-dealkylation sites (N-methyl/N-ethyl adjacent to an activating group) is 1. The maximum absolute atomic E-state index is 14.2. The second-order valence-electron chi connectivity index (χ2n) is 7.05. The summed E-state index contributed by atoms with van der Waals surface area (Å²) in [5.41, 5.74) is 1.54. The van der Waals surface area contributed by atoms with Crippen molar-refractivity contribution < 1.29 is 14.0 Å². The second-order valence-corrected chi connectivity index (χ2v) is 7.05. The van der Waals surface area contributed by atoms with Gasteiger partial charge in [-0.15, -0.1) is 0 Å². The van der Waals surface area contributed by atoms with E-state index in [4.69, 9.17) is 0 Å². The highest BCUT2D eigenvalue weighted by atomic mass is 19.1. The Kier molecular flexibility index (Phi) is 8.09. The number of carbonyl (C=O) groups excluding carboxylic acids is 2. The number of hydrogen-bond donors (Lipinski definition) is 3. The minimum absolute atomic E-state index is 0.0127. The third-order valence-electron chi connectivity index (χ3n) is 4.68. The molecule has 156 valence electrons. The number of amides is 3. The van der Waals surface area contributed by atoms with Gasteiger partial charge >= 0.3 is 6.03 Å². The Morgan fingerprint density at radius 1 is 1.21 bits per heavy atom. The van der Waals surface area contributed by atoms with Crippen LogP contribution < -0.4 is 16.0 Å². The fraction of sp³-hybridized carbons (Fsp3) is 0.381. The Hall–Kier alpha value is -3.00. The topological polar surface area (TPSA) is 86.4 Å². The van der Waals surface area contributed by atoms with Crippen LogP contribution in [0.3, 0.4) is 0 Å². The number of carbonyl (C=O) groups is 2. The van der Waals surface area contributed by atoms with Crippen molar-refractivity contribution in [1.82, 2.24) is 25.8 Å². The second kappa shape index (κ2) is 10.5. The predicted molar refractivity (Wildman–Crippen MR) is 110 cm³/mol. The number of benzene rings is 1. The number of halogens is 1. The molecule has 1 aromatic carbocycles. The minimum Gasteiger partial charge on any atom is -0.355 e. The molecule has 0 aliphatic rings. The van der Waals surface area contributed by atoms with Crippen molar-refractivity contribution in [3.63, 3.8) is 0 Å². The van der Waals surface area contributed by atoms with Crippen LogP contribution in [0.2, 0.25) is 0 Å². The lowest BCUT2D eigenvalue weighted by molar-refractivity contribution is 0.0959. The van der Waals surface area contributed by atoms with E-state index in [0.29, 0.717) is 13.0 Å². The third-order valence-corrected chi connectivity index (χ3v) is 4.68. The number of urea groups is 1. The summed E-state index contributed by atoms with van der Waals surface area (Å²) in [7, 11) is 5.26. The predicted octanol–water partition coefficient (Wildman–Crippen LogP) is 2.11. The summed E-state index contributed by atoms with van der Waals surface area (Å²) >= 11 is 0. The molecule has 0 saturated carbocycles. The highest BCUT2D eigenvalue weighted by Gasteiger charge is 2.17. The number of hydrogen-bond acceptors (Lipinski definition) is 4. The standard InChI is InChI=1S/C21H28FN5O2/c1-14(19-7-5-6-10-24-19)26-21(29)25-13-16(27(3)4)11-15-8-9-17(18(22)12-15)20(28)23-2/h5-10,12,14,16H,11,13H2,1-4H3,(H,23,28)(H2,25,26,29). The monoisotopic (exact) mass is 401 g/mol.